The first kappa shape index (κ1) is 21.9. The van der Waals surface area contributed by atoms with E-state index in [4.69, 9.17) is 26.5 Å². The van der Waals surface area contributed by atoms with E-state index in [0.717, 1.165) is 39.3 Å². The highest BCUT2D eigenvalue weighted by Gasteiger charge is 2.16. The van der Waals surface area contributed by atoms with Gasteiger partial charge in [0.25, 0.3) is 0 Å². The minimum absolute atomic E-state index is 0.388. The summed E-state index contributed by atoms with van der Waals surface area (Å²) in [5.41, 5.74) is 6.65. The number of aliphatic carboxylic acids is 1. The summed E-state index contributed by atoms with van der Waals surface area (Å²) in [6.45, 7) is -0.388. The third-order valence-electron chi connectivity index (χ3n) is 5.31. The van der Waals surface area contributed by atoms with E-state index in [1.54, 1.807) is 17.4 Å². The quantitative estimate of drug-likeness (QED) is 0.267. The predicted octanol–water partition coefficient (Wildman–Crippen LogP) is 7.05. The van der Waals surface area contributed by atoms with Crippen LogP contribution in [0, 0.1) is 0 Å². The van der Waals surface area contributed by atoms with Gasteiger partial charge in [-0.05, 0) is 65.0 Å². The van der Waals surface area contributed by atoms with Gasteiger partial charge in [0.15, 0.2) is 6.61 Å². The van der Waals surface area contributed by atoms with E-state index in [0.29, 0.717) is 10.8 Å². The number of nitrogens with zero attached hydrogens (tertiary/aromatic N) is 2. The first-order chi connectivity index (χ1) is 16.6. The minimum atomic E-state index is -1.01. The monoisotopic (exact) mass is 486 g/mol. The summed E-state index contributed by atoms with van der Waals surface area (Å²) in [6, 6.07) is 27.2. The molecule has 0 aliphatic rings. The molecular weight excluding hydrogens is 468 g/mol. The largest absolute Gasteiger partial charge is 0.482 e. The smallest absolute Gasteiger partial charge is 0.341 e. The Morgan fingerprint density at radius 2 is 1.74 bits per heavy atom. The van der Waals surface area contributed by atoms with Gasteiger partial charge >= 0.3 is 5.97 Å². The van der Waals surface area contributed by atoms with Gasteiger partial charge in [-0.1, -0.05) is 48.0 Å². The summed E-state index contributed by atoms with van der Waals surface area (Å²) in [4.78, 5) is 10.9. The van der Waals surface area contributed by atoms with Crippen LogP contribution in [-0.2, 0) is 4.79 Å². The maximum Gasteiger partial charge on any atom is 0.341 e. The Kier molecular flexibility index (Phi) is 6.16. The van der Waals surface area contributed by atoms with Crippen molar-refractivity contribution in [3.05, 3.63) is 101 Å². The van der Waals surface area contributed by atoms with Crippen molar-refractivity contribution in [3.63, 3.8) is 0 Å². The Hall–Kier alpha value is -3.87. The average molecular weight is 487 g/mol. The lowest BCUT2D eigenvalue weighted by atomic mass is 9.97. The number of carboxylic acids is 1. The van der Waals surface area contributed by atoms with Crippen LogP contribution in [0.1, 0.15) is 0 Å². The topological polar surface area (TPSA) is 64.3 Å². The van der Waals surface area contributed by atoms with Crippen LogP contribution in [0.3, 0.4) is 0 Å². The van der Waals surface area contributed by atoms with Crippen molar-refractivity contribution in [2.24, 2.45) is 0 Å². The molecule has 1 N–H and O–H groups in total. The van der Waals surface area contributed by atoms with Gasteiger partial charge in [0.05, 0.1) is 17.1 Å². The molecule has 7 heteroatoms. The molecule has 3 aromatic carbocycles. The van der Waals surface area contributed by atoms with Crippen LogP contribution in [0.25, 0.3) is 39.3 Å². The van der Waals surface area contributed by atoms with Crippen molar-refractivity contribution in [1.29, 1.82) is 0 Å². The maximum absolute atomic E-state index is 10.9. The van der Waals surface area contributed by atoms with E-state index in [2.05, 4.69) is 17.5 Å². The first-order valence-electron chi connectivity index (χ1n) is 10.5. The third kappa shape index (κ3) is 4.59. The zero-order chi connectivity index (χ0) is 23.5. The molecule has 0 atom stereocenters. The summed E-state index contributed by atoms with van der Waals surface area (Å²) < 4.78 is 7.31. The van der Waals surface area contributed by atoms with Crippen LogP contribution >= 0.6 is 22.9 Å². The highest BCUT2D eigenvalue weighted by atomic mass is 35.5. The van der Waals surface area contributed by atoms with Crippen LogP contribution in [-0.4, -0.2) is 27.5 Å². The Labute approximate surface area is 205 Å². The molecule has 0 amide bonds. The molecule has 0 aliphatic heterocycles. The summed E-state index contributed by atoms with van der Waals surface area (Å²) in [6.07, 6.45) is 0. The van der Waals surface area contributed by atoms with E-state index in [-0.39, 0.29) is 6.61 Å². The standard InChI is InChI=1S/C27H19ClN2O3S/c28-20-8-10-21(11-9-20)30-26(19-12-13-34-17-19)15-25(29-30)24-7-2-1-6-23(24)18-4-3-5-22(14-18)33-16-27(31)32/h1-15,17H,16H2,(H,31,32). The van der Waals surface area contributed by atoms with Gasteiger partial charge in [0.2, 0.25) is 0 Å². The lowest BCUT2D eigenvalue weighted by Gasteiger charge is -2.10. The second-order valence-electron chi connectivity index (χ2n) is 7.57. The predicted molar refractivity (Wildman–Crippen MR) is 136 cm³/mol. The summed E-state index contributed by atoms with van der Waals surface area (Å²) >= 11 is 7.75. The van der Waals surface area contributed by atoms with Crippen LogP contribution < -0.4 is 4.74 Å². The lowest BCUT2D eigenvalue weighted by molar-refractivity contribution is -0.139. The SMILES string of the molecule is O=C(O)COc1cccc(-c2ccccc2-c2cc(-c3ccsc3)n(-c3ccc(Cl)cc3)n2)c1. The summed E-state index contributed by atoms with van der Waals surface area (Å²) in [7, 11) is 0. The fraction of sp³-hybridized carbons (Fsp3) is 0.0370. The molecule has 0 aliphatic carbocycles. The van der Waals surface area contributed by atoms with Crippen LogP contribution in [0.5, 0.6) is 5.75 Å². The molecule has 5 nitrogen and oxygen atoms in total. The van der Waals surface area contributed by atoms with Crippen molar-refractivity contribution in [3.8, 4) is 45.1 Å². The zero-order valence-corrected chi connectivity index (χ0v) is 19.5. The number of rotatable bonds is 7. The number of thiophene rings is 1. The zero-order valence-electron chi connectivity index (χ0n) is 17.9. The normalized spacial score (nSPS) is 10.9. The molecule has 0 unspecified atom stereocenters. The second-order valence-corrected chi connectivity index (χ2v) is 8.79. The fourth-order valence-electron chi connectivity index (χ4n) is 3.76. The van der Waals surface area contributed by atoms with E-state index in [1.165, 1.54) is 0 Å². The summed E-state index contributed by atoms with van der Waals surface area (Å²) in [5, 5.41) is 18.7. The van der Waals surface area contributed by atoms with Crippen molar-refractivity contribution in [1.82, 2.24) is 9.78 Å². The molecule has 0 spiro atoms. The molecule has 0 fully saturated rings. The molecule has 2 aromatic heterocycles. The van der Waals surface area contributed by atoms with Gasteiger partial charge in [-0.3, -0.25) is 0 Å². The number of carbonyl (C=O) groups is 1. The van der Waals surface area contributed by atoms with Crippen molar-refractivity contribution in [2.75, 3.05) is 6.61 Å². The number of benzene rings is 3. The molecular formula is C27H19ClN2O3S. The molecule has 0 radical (unpaired) electrons. The number of aromatic nitrogens is 2. The Balaban J connectivity index is 1.61. The van der Waals surface area contributed by atoms with E-state index < -0.39 is 5.97 Å². The lowest BCUT2D eigenvalue weighted by Crippen LogP contribution is -2.09. The van der Waals surface area contributed by atoms with E-state index >= 15 is 0 Å². The van der Waals surface area contributed by atoms with Crippen molar-refractivity contribution < 1.29 is 14.6 Å². The number of carboxylic acid groups (broad SMARTS) is 1. The number of ether oxygens (including phenoxy) is 1. The number of hydrogen-bond acceptors (Lipinski definition) is 4. The van der Waals surface area contributed by atoms with Gasteiger partial charge in [0, 0.05) is 21.5 Å². The Morgan fingerprint density at radius 1 is 0.941 bits per heavy atom. The average Bonchev–Trinajstić information content (AvgIpc) is 3.54. The fourth-order valence-corrected chi connectivity index (χ4v) is 4.54. The van der Waals surface area contributed by atoms with Gasteiger partial charge in [-0.15, -0.1) is 0 Å². The van der Waals surface area contributed by atoms with E-state index in [9.17, 15) is 4.79 Å². The van der Waals surface area contributed by atoms with Crippen LogP contribution in [0.15, 0.2) is 95.7 Å². The molecule has 5 aromatic rings. The van der Waals surface area contributed by atoms with Crippen LogP contribution in [0.4, 0.5) is 0 Å². The van der Waals surface area contributed by atoms with Gasteiger partial charge in [0.1, 0.15) is 5.75 Å². The van der Waals surface area contributed by atoms with Gasteiger partial charge in [-0.2, -0.15) is 16.4 Å². The third-order valence-corrected chi connectivity index (χ3v) is 6.24. The van der Waals surface area contributed by atoms with Gasteiger partial charge < -0.3 is 9.84 Å². The van der Waals surface area contributed by atoms with E-state index in [1.807, 2.05) is 76.8 Å². The Morgan fingerprint density at radius 3 is 2.47 bits per heavy atom. The highest BCUT2D eigenvalue weighted by molar-refractivity contribution is 7.08. The minimum Gasteiger partial charge on any atom is -0.482 e. The number of halogens is 1. The molecule has 0 bridgehead atoms. The molecule has 5 rings (SSSR count). The molecule has 2 heterocycles. The highest BCUT2D eigenvalue weighted by Crippen LogP contribution is 2.36. The number of hydrogen-bond donors (Lipinski definition) is 1. The summed E-state index contributed by atoms with van der Waals surface area (Å²) in [5.74, 6) is -0.514. The van der Waals surface area contributed by atoms with Crippen LogP contribution in [0.2, 0.25) is 5.02 Å². The molecule has 168 valence electrons. The van der Waals surface area contributed by atoms with Crippen molar-refractivity contribution >= 4 is 28.9 Å². The van der Waals surface area contributed by atoms with Gasteiger partial charge in [-0.25, -0.2) is 9.48 Å². The maximum atomic E-state index is 10.9. The molecule has 0 saturated heterocycles. The molecule has 0 saturated carbocycles. The second kappa shape index (κ2) is 9.55. The molecule has 34 heavy (non-hydrogen) atoms. The Bertz CT molecular complexity index is 1440. The first-order valence-corrected chi connectivity index (χ1v) is 11.8. The van der Waals surface area contributed by atoms with Crippen molar-refractivity contribution in [2.45, 2.75) is 0 Å².